The van der Waals surface area contributed by atoms with E-state index in [4.69, 9.17) is 16.3 Å². The molecule has 0 saturated heterocycles. The van der Waals surface area contributed by atoms with E-state index >= 15 is 0 Å². The molecule has 0 atom stereocenters. The SMILES string of the molecule is Cc1cc(F)ccc1S(=O)(=O)Nc1ccccc1C(=O)OCC(=O)c1ccc(Cl)cc1. The van der Waals surface area contributed by atoms with E-state index in [1.54, 1.807) is 0 Å². The maximum Gasteiger partial charge on any atom is 0.340 e. The number of carbonyl (C=O) groups is 2. The van der Waals surface area contributed by atoms with Gasteiger partial charge in [0.1, 0.15) is 5.82 Å². The summed E-state index contributed by atoms with van der Waals surface area (Å²) in [6, 6.07) is 15.2. The number of sulfonamides is 1. The summed E-state index contributed by atoms with van der Waals surface area (Å²) >= 11 is 5.78. The van der Waals surface area contributed by atoms with Crippen molar-refractivity contribution in [1.29, 1.82) is 0 Å². The Labute approximate surface area is 183 Å². The maximum atomic E-state index is 13.3. The molecule has 0 radical (unpaired) electrons. The molecule has 3 aromatic carbocycles. The molecule has 6 nitrogen and oxygen atoms in total. The lowest BCUT2D eigenvalue weighted by Crippen LogP contribution is -2.19. The first-order valence-corrected chi connectivity index (χ1v) is 10.9. The minimum atomic E-state index is -4.10. The lowest BCUT2D eigenvalue weighted by Gasteiger charge is -2.13. The molecule has 160 valence electrons. The summed E-state index contributed by atoms with van der Waals surface area (Å²) in [7, 11) is -4.10. The summed E-state index contributed by atoms with van der Waals surface area (Å²) in [5.41, 5.74) is 0.420. The Balaban J connectivity index is 1.77. The third-order valence-corrected chi connectivity index (χ3v) is 6.10. The number of anilines is 1. The minimum Gasteiger partial charge on any atom is -0.454 e. The fraction of sp³-hybridized carbons (Fsp3) is 0.0909. The topological polar surface area (TPSA) is 89.5 Å². The number of benzene rings is 3. The summed E-state index contributed by atoms with van der Waals surface area (Å²) < 4.78 is 46.2. The fourth-order valence-corrected chi connectivity index (χ4v) is 4.23. The number of carbonyl (C=O) groups excluding carboxylic acids is 2. The van der Waals surface area contributed by atoms with E-state index in [-0.39, 0.29) is 21.7 Å². The van der Waals surface area contributed by atoms with Crippen LogP contribution in [0, 0.1) is 12.7 Å². The number of rotatable bonds is 7. The second-order valence-electron chi connectivity index (χ2n) is 6.57. The molecule has 0 spiro atoms. The lowest BCUT2D eigenvalue weighted by atomic mass is 10.1. The average Bonchev–Trinajstić information content (AvgIpc) is 2.72. The van der Waals surface area contributed by atoms with Crippen LogP contribution in [0.4, 0.5) is 10.1 Å². The van der Waals surface area contributed by atoms with Gasteiger partial charge in [0.05, 0.1) is 16.1 Å². The van der Waals surface area contributed by atoms with Crippen LogP contribution in [0.15, 0.2) is 71.6 Å². The van der Waals surface area contributed by atoms with Crippen LogP contribution < -0.4 is 4.72 Å². The van der Waals surface area contributed by atoms with E-state index < -0.39 is 34.2 Å². The van der Waals surface area contributed by atoms with Gasteiger partial charge in [-0.15, -0.1) is 0 Å². The molecule has 31 heavy (non-hydrogen) atoms. The maximum absolute atomic E-state index is 13.3. The third kappa shape index (κ3) is 5.48. The van der Waals surface area contributed by atoms with Gasteiger partial charge < -0.3 is 4.74 Å². The van der Waals surface area contributed by atoms with Crippen molar-refractivity contribution in [3.8, 4) is 0 Å². The van der Waals surface area contributed by atoms with Gasteiger partial charge in [-0.25, -0.2) is 17.6 Å². The molecule has 0 bridgehead atoms. The molecule has 0 fully saturated rings. The van der Waals surface area contributed by atoms with Gasteiger partial charge in [-0.3, -0.25) is 9.52 Å². The predicted molar refractivity (Wildman–Crippen MR) is 114 cm³/mol. The number of aryl methyl sites for hydroxylation is 1. The second-order valence-corrected chi connectivity index (χ2v) is 8.65. The summed E-state index contributed by atoms with van der Waals surface area (Å²) in [5.74, 6) is -1.88. The molecule has 1 N–H and O–H groups in total. The van der Waals surface area contributed by atoms with E-state index in [0.29, 0.717) is 10.6 Å². The van der Waals surface area contributed by atoms with Gasteiger partial charge in [-0.1, -0.05) is 23.7 Å². The molecule has 3 rings (SSSR count). The number of Topliss-reactive ketones (excluding diaryl/α,β-unsaturated/α-hetero) is 1. The largest absolute Gasteiger partial charge is 0.454 e. The molecule has 0 unspecified atom stereocenters. The van der Waals surface area contributed by atoms with Crippen LogP contribution in [0.25, 0.3) is 0 Å². The lowest BCUT2D eigenvalue weighted by molar-refractivity contribution is 0.0476. The number of halogens is 2. The molecule has 3 aromatic rings. The van der Waals surface area contributed by atoms with Crippen molar-refractivity contribution in [3.05, 3.63) is 94.3 Å². The van der Waals surface area contributed by atoms with E-state index in [0.717, 1.165) is 18.2 Å². The van der Waals surface area contributed by atoms with Crippen LogP contribution >= 0.6 is 11.6 Å². The van der Waals surface area contributed by atoms with E-state index in [1.165, 1.54) is 55.5 Å². The molecular formula is C22H17ClFNO5S. The Hall–Kier alpha value is -3.23. The zero-order chi connectivity index (χ0) is 22.6. The smallest absolute Gasteiger partial charge is 0.340 e. The Kier molecular flexibility index (Phi) is 6.72. The highest BCUT2D eigenvalue weighted by Gasteiger charge is 2.22. The van der Waals surface area contributed by atoms with Gasteiger partial charge in [0.15, 0.2) is 12.4 Å². The van der Waals surface area contributed by atoms with E-state index in [2.05, 4.69) is 4.72 Å². The van der Waals surface area contributed by atoms with Gasteiger partial charge in [0.2, 0.25) is 0 Å². The highest BCUT2D eigenvalue weighted by atomic mass is 35.5. The number of ketones is 1. The predicted octanol–water partition coefficient (Wildman–Crippen LogP) is 4.63. The number of nitrogens with one attached hydrogen (secondary N) is 1. The Morgan fingerprint density at radius 1 is 1.03 bits per heavy atom. The van der Waals surface area contributed by atoms with Gasteiger partial charge in [0, 0.05) is 10.6 Å². The molecule has 0 aliphatic carbocycles. The first kappa shape index (κ1) is 22.5. The van der Waals surface area contributed by atoms with Crippen LogP contribution in [-0.4, -0.2) is 26.8 Å². The number of hydrogen-bond acceptors (Lipinski definition) is 5. The van der Waals surface area contributed by atoms with Gasteiger partial charge in [0.25, 0.3) is 10.0 Å². The summed E-state index contributed by atoms with van der Waals surface area (Å²) in [6.07, 6.45) is 0. The molecule has 0 saturated carbocycles. The Bertz CT molecular complexity index is 1240. The molecule has 0 aliphatic heterocycles. The molecule has 9 heteroatoms. The highest BCUT2D eigenvalue weighted by Crippen LogP contribution is 2.23. The number of ether oxygens (including phenoxy) is 1. The first-order valence-electron chi connectivity index (χ1n) is 9.01. The Morgan fingerprint density at radius 2 is 1.71 bits per heavy atom. The first-order chi connectivity index (χ1) is 14.7. The van der Waals surface area contributed by atoms with E-state index in [1.807, 2.05) is 0 Å². The molecular weight excluding hydrogens is 445 g/mol. The van der Waals surface area contributed by atoms with Crippen molar-refractivity contribution < 1.29 is 27.1 Å². The van der Waals surface area contributed by atoms with Crippen LogP contribution in [0.3, 0.4) is 0 Å². The normalized spacial score (nSPS) is 11.1. The number of esters is 1. The van der Waals surface area contributed by atoms with Crippen molar-refractivity contribution >= 4 is 39.1 Å². The quantitative estimate of drug-likeness (QED) is 0.409. The van der Waals surface area contributed by atoms with Crippen LogP contribution in [-0.2, 0) is 14.8 Å². The van der Waals surface area contributed by atoms with Crippen LogP contribution in [0.1, 0.15) is 26.3 Å². The average molecular weight is 462 g/mol. The standard InChI is InChI=1S/C22H17ClFNO5S/c1-14-12-17(24)10-11-21(14)31(28,29)25-19-5-3-2-4-18(19)22(27)30-13-20(26)15-6-8-16(23)9-7-15/h2-12,25H,13H2,1H3. The van der Waals surface area contributed by atoms with Gasteiger partial charge >= 0.3 is 5.97 Å². The molecule has 0 aliphatic rings. The fourth-order valence-electron chi connectivity index (χ4n) is 2.79. The minimum absolute atomic E-state index is 0.0323. The van der Waals surface area contributed by atoms with Crippen molar-refractivity contribution in [2.45, 2.75) is 11.8 Å². The van der Waals surface area contributed by atoms with Gasteiger partial charge in [-0.05, 0) is 67.1 Å². The zero-order valence-electron chi connectivity index (χ0n) is 16.3. The monoisotopic (exact) mass is 461 g/mol. The van der Waals surface area contributed by atoms with Crippen molar-refractivity contribution in [3.63, 3.8) is 0 Å². The highest BCUT2D eigenvalue weighted by molar-refractivity contribution is 7.92. The summed E-state index contributed by atoms with van der Waals surface area (Å²) in [4.78, 5) is 24.6. The Morgan fingerprint density at radius 3 is 2.39 bits per heavy atom. The van der Waals surface area contributed by atoms with E-state index in [9.17, 15) is 22.4 Å². The third-order valence-electron chi connectivity index (χ3n) is 4.32. The van der Waals surface area contributed by atoms with Crippen LogP contribution in [0.5, 0.6) is 0 Å². The second kappa shape index (κ2) is 9.28. The molecule has 0 heterocycles. The number of para-hydroxylation sites is 1. The summed E-state index contributed by atoms with van der Waals surface area (Å²) in [6.45, 7) is 0.929. The molecule has 0 amide bonds. The molecule has 0 aromatic heterocycles. The summed E-state index contributed by atoms with van der Waals surface area (Å²) in [5, 5.41) is 0.464. The van der Waals surface area contributed by atoms with Gasteiger partial charge in [-0.2, -0.15) is 0 Å². The van der Waals surface area contributed by atoms with Crippen molar-refractivity contribution in [2.24, 2.45) is 0 Å². The zero-order valence-corrected chi connectivity index (χ0v) is 17.8. The van der Waals surface area contributed by atoms with Crippen molar-refractivity contribution in [2.75, 3.05) is 11.3 Å². The number of hydrogen-bond donors (Lipinski definition) is 1. The van der Waals surface area contributed by atoms with Crippen molar-refractivity contribution in [1.82, 2.24) is 0 Å². The van der Waals surface area contributed by atoms with Crippen LogP contribution in [0.2, 0.25) is 5.02 Å².